The topological polar surface area (TPSA) is 29.4 Å². The molecule has 1 aromatic carbocycles. The number of thioether (sulfide) groups is 1. The molecule has 0 amide bonds. The van der Waals surface area contributed by atoms with Gasteiger partial charge in [0.2, 0.25) is 6.08 Å². The Morgan fingerprint density at radius 3 is 2.79 bits per heavy atom. The maximum atomic E-state index is 10.6. The summed E-state index contributed by atoms with van der Waals surface area (Å²) >= 11 is 5.73. The highest BCUT2D eigenvalue weighted by Gasteiger charge is 2.39. The molecule has 1 atom stereocenters. The number of hydrogen-bond acceptors (Lipinski definition) is 3. The molecule has 0 N–H and O–H groups in total. The van der Waals surface area contributed by atoms with Crippen molar-refractivity contribution in [3.63, 3.8) is 0 Å². The number of aliphatic imine (C=N–C) groups is 1. The van der Waals surface area contributed by atoms with Crippen molar-refractivity contribution in [1.29, 1.82) is 0 Å². The molecule has 0 aromatic heterocycles. The highest BCUT2D eigenvalue weighted by Crippen LogP contribution is 2.46. The molecule has 0 radical (unpaired) electrons. The zero-order valence-corrected chi connectivity index (χ0v) is 13.1. The third kappa shape index (κ3) is 2.42. The van der Waals surface area contributed by atoms with E-state index in [1.54, 1.807) is 6.08 Å². The van der Waals surface area contributed by atoms with Crippen LogP contribution in [0.5, 0.6) is 0 Å². The molecule has 1 aliphatic carbocycles. The lowest BCUT2D eigenvalue weighted by Crippen LogP contribution is -2.31. The molecule has 0 spiro atoms. The summed E-state index contributed by atoms with van der Waals surface area (Å²) in [6, 6.07) is 6.54. The minimum atomic E-state index is -0.284. The summed E-state index contributed by atoms with van der Waals surface area (Å²) in [6.45, 7) is 0. The Morgan fingerprint density at radius 1 is 1.42 bits per heavy atom. The van der Waals surface area contributed by atoms with Crippen LogP contribution in [0.3, 0.4) is 0 Å². The number of halogens is 1. The van der Waals surface area contributed by atoms with E-state index in [0.717, 1.165) is 24.8 Å². The maximum absolute atomic E-state index is 10.6. The second-order valence-electron chi connectivity index (χ2n) is 5.39. The van der Waals surface area contributed by atoms with Gasteiger partial charge in [-0.3, -0.25) is 0 Å². The van der Waals surface area contributed by atoms with E-state index in [1.165, 1.54) is 28.0 Å². The molecule has 1 unspecified atom stereocenters. The number of nitrogens with zero attached hydrogens (tertiary/aromatic N) is 1. The van der Waals surface area contributed by atoms with Crippen LogP contribution in [0.4, 0.5) is 0 Å². The number of rotatable bonds is 3. The fourth-order valence-corrected chi connectivity index (χ4v) is 4.94. The molecule has 1 aromatic rings. The van der Waals surface area contributed by atoms with Crippen molar-refractivity contribution in [2.45, 2.75) is 37.1 Å². The normalized spacial score (nSPS) is 24.6. The van der Waals surface area contributed by atoms with Gasteiger partial charge in [-0.2, -0.15) is 16.8 Å². The van der Waals surface area contributed by atoms with Crippen molar-refractivity contribution in [2.24, 2.45) is 4.99 Å². The fourth-order valence-electron chi connectivity index (χ4n) is 2.99. The summed E-state index contributed by atoms with van der Waals surface area (Å²) in [5, 5.41) is 0. The van der Waals surface area contributed by atoms with Gasteiger partial charge < -0.3 is 0 Å². The van der Waals surface area contributed by atoms with Gasteiger partial charge in [0, 0.05) is 10.2 Å². The van der Waals surface area contributed by atoms with E-state index in [4.69, 9.17) is 0 Å². The molecule has 19 heavy (non-hydrogen) atoms. The Morgan fingerprint density at radius 2 is 2.26 bits per heavy atom. The highest BCUT2D eigenvalue weighted by molar-refractivity contribution is 9.10. The van der Waals surface area contributed by atoms with Crippen molar-refractivity contribution in [3.8, 4) is 0 Å². The maximum Gasteiger partial charge on any atom is 0.235 e. The Bertz CT molecular complexity index is 529. The Labute approximate surface area is 126 Å². The molecule has 3 rings (SSSR count). The van der Waals surface area contributed by atoms with Crippen LogP contribution >= 0.6 is 27.7 Å². The zero-order valence-electron chi connectivity index (χ0n) is 10.7. The van der Waals surface area contributed by atoms with E-state index in [-0.39, 0.29) is 5.54 Å². The second kappa shape index (κ2) is 5.43. The van der Waals surface area contributed by atoms with E-state index in [0.29, 0.717) is 5.92 Å². The van der Waals surface area contributed by atoms with Crippen molar-refractivity contribution in [1.82, 2.24) is 0 Å². The van der Waals surface area contributed by atoms with Gasteiger partial charge in [0.1, 0.15) is 0 Å². The third-order valence-corrected chi connectivity index (χ3v) is 6.20. The van der Waals surface area contributed by atoms with Crippen LogP contribution < -0.4 is 0 Å². The number of hydrogen-bond donors (Lipinski definition) is 0. The van der Waals surface area contributed by atoms with Crippen LogP contribution in [-0.4, -0.2) is 17.6 Å². The van der Waals surface area contributed by atoms with Gasteiger partial charge in [-0.1, -0.05) is 28.1 Å². The first kappa shape index (κ1) is 13.4. The fraction of sp³-hybridized carbons (Fsp3) is 0.533. The highest BCUT2D eigenvalue weighted by atomic mass is 79.9. The van der Waals surface area contributed by atoms with E-state index in [1.807, 2.05) is 11.8 Å². The predicted molar refractivity (Wildman–Crippen MR) is 82.5 cm³/mol. The first-order chi connectivity index (χ1) is 9.25. The van der Waals surface area contributed by atoms with Gasteiger partial charge in [0.25, 0.3) is 0 Å². The van der Waals surface area contributed by atoms with Gasteiger partial charge in [-0.05, 0) is 54.5 Å². The van der Waals surface area contributed by atoms with Crippen molar-refractivity contribution in [3.05, 3.63) is 33.8 Å². The average molecular weight is 338 g/mol. The minimum absolute atomic E-state index is 0.284. The molecule has 1 saturated carbocycles. The van der Waals surface area contributed by atoms with Crippen LogP contribution in [0.15, 0.2) is 27.7 Å². The van der Waals surface area contributed by atoms with Crippen LogP contribution in [0.25, 0.3) is 0 Å². The van der Waals surface area contributed by atoms with Crippen LogP contribution in [0.2, 0.25) is 0 Å². The van der Waals surface area contributed by atoms with Gasteiger partial charge in [0.05, 0.1) is 5.54 Å². The monoisotopic (exact) mass is 337 g/mol. The largest absolute Gasteiger partial charge is 0.235 e. The second-order valence-corrected chi connectivity index (χ2v) is 7.39. The van der Waals surface area contributed by atoms with Crippen LogP contribution in [0, 0.1) is 0 Å². The van der Waals surface area contributed by atoms with Gasteiger partial charge in [-0.15, -0.1) is 0 Å². The molecule has 100 valence electrons. The Kier molecular flexibility index (Phi) is 3.84. The van der Waals surface area contributed by atoms with Gasteiger partial charge in [-0.25, -0.2) is 4.79 Å². The summed E-state index contributed by atoms with van der Waals surface area (Å²) < 4.78 is 1.17. The summed E-state index contributed by atoms with van der Waals surface area (Å²) in [4.78, 5) is 14.7. The van der Waals surface area contributed by atoms with Crippen LogP contribution in [0.1, 0.15) is 42.7 Å². The molecule has 4 heteroatoms. The minimum Gasteiger partial charge on any atom is -0.211 e. The van der Waals surface area contributed by atoms with E-state index >= 15 is 0 Å². The van der Waals surface area contributed by atoms with Crippen molar-refractivity contribution < 1.29 is 4.79 Å². The molecule has 0 bridgehead atoms. The standard InChI is InChI=1S/C15H16BrNOS/c16-14-8-12(15(17-10-18)5-1-6-15)2-3-13(14)11-4-7-19-9-11/h2-3,8,11H,1,4-7,9H2. The molecule has 1 aliphatic heterocycles. The first-order valence-corrected chi connectivity index (χ1v) is 8.67. The number of isocyanates is 1. The summed E-state index contributed by atoms with van der Waals surface area (Å²) in [5.41, 5.74) is 2.27. The van der Waals surface area contributed by atoms with Gasteiger partial charge >= 0.3 is 0 Å². The summed E-state index contributed by atoms with van der Waals surface area (Å²) in [6.07, 6.45) is 6.09. The zero-order chi connectivity index (χ0) is 13.3. The Hall–Kier alpha value is -0.570. The van der Waals surface area contributed by atoms with Gasteiger partial charge in [0.15, 0.2) is 0 Å². The lowest BCUT2D eigenvalue weighted by molar-refractivity contribution is 0.256. The molecular weight excluding hydrogens is 322 g/mol. The summed E-state index contributed by atoms with van der Waals surface area (Å²) in [5.74, 6) is 3.15. The molecule has 1 heterocycles. The van der Waals surface area contributed by atoms with E-state index in [9.17, 15) is 4.79 Å². The molecule has 1 saturated heterocycles. The molecule has 2 aliphatic rings. The van der Waals surface area contributed by atoms with Crippen molar-refractivity contribution in [2.75, 3.05) is 11.5 Å². The Balaban J connectivity index is 1.92. The smallest absolute Gasteiger partial charge is 0.211 e. The SMILES string of the molecule is O=C=NC1(c2ccc(C3CCSC3)c(Br)c2)CCC1. The lowest BCUT2D eigenvalue weighted by atomic mass is 9.72. The number of carbonyl (C=O) groups excluding carboxylic acids is 1. The predicted octanol–water partition coefficient (Wildman–Crippen LogP) is 4.38. The van der Waals surface area contributed by atoms with E-state index < -0.39 is 0 Å². The van der Waals surface area contributed by atoms with Crippen molar-refractivity contribution >= 4 is 33.8 Å². The molecule has 2 fully saturated rings. The summed E-state index contributed by atoms with van der Waals surface area (Å²) in [7, 11) is 0. The lowest BCUT2D eigenvalue weighted by Gasteiger charge is -2.37. The number of benzene rings is 1. The van der Waals surface area contributed by atoms with E-state index in [2.05, 4.69) is 39.1 Å². The first-order valence-electron chi connectivity index (χ1n) is 6.72. The van der Waals surface area contributed by atoms with Crippen LogP contribution in [-0.2, 0) is 10.3 Å². The average Bonchev–Trinajstić information content (AvgIpc) is 2.87. The third-order valence-electron chi connectivity index (χ3n) is 4.35. The quantitative estimate of drug-likeness (QED) is 0.604. The molecule has 2 nitrogen and oxygen atoms in total. The molecular formula is C15H16BrNOS.